The Morgan fingerprint density at radius 3 is 2.61 bits per heavy atom. The summed E-state index contributed by atoms with van der Waals surface area (Å²) in [7, 11) is 0. The lowest BCUT2D eigenvalue weighted by Crippen LogP contribution is -2.34. The third kappa shape index (κ3) is 3.29. The summed E-state index contributed by atoms with van der Waals surface area (Å²) in [5.41, 5.74) is 4.40. The van der Waals surface area contributed by atoms with Crippen molar-refractivity contribution in [2.45, 2.75) is 39.7 Å². The summed E-state index contributed by atoms with van der Waals surface area (Å²) in [4.78, 5) is 19.2. The van der Waals surface area contributed by atoms with Crippen molar-refractivity contribution in [3.05, 3.63) is 53.9 Å². The summed E-state index contributed by atoms with van der Waals surface area (Å²) in [6.45, 7) is 6.81. The smallest absolute Gasteiger partial charge is 0.225 e. The fraction of sp³-hybridized carbons (Fsp3) is 0.400. The molecule has 1 atom stereocenters. The van der Waals surface area contributed by atoms with Crippen LogP contribution < -0.4 is 0 Å². The van der Waals surface area contributed by atoms with Crippen molar-refractivity contribution < 1.29 is 4.79 Å². The Hall–Kier alpha value is -2.16. The second kappa shape index (κ2) is 6.53. The van der Waals surface area contributed by atoms with Crippen LogP contribution in [0.2, 0.25) is 0 Å². The number of amides is 1. The molecule has 1 saturated heterocycles. The van der Waals surface area contributed by atoms with Gasteiger partial charge in [-0.15, -0.1) is 0 Å². The van der Waals surface area contributed by atoms with Crippen LogP contribution >= 0.6 is 0 Å². The predicted molar refractivity (Wildman–Crippen MR) is 92.9 cm³/mol. The van der Waals surface area contributed by atoms with Crippen LogP contribution in [0.4, 0.5) is 0 Å². The van der Waals surface area contributed by atoms with Gasteiger partial charge in [-0.1, -0.05) is 44.2 Å². The van der Waals surface area contributed by atoms with E-state index in [0.717, 1.165) is 30.8 Å². The third-order valence-electron chi connectivity index (χ3n) is 4.45. The molecule has 2 aromatic rings. The highest BCUT2D eigenvalue weighted by Crippen LogP contribution is 2.34. The van der Waals surface area contributed by atoms with Crippen molar-refractivity contribution in [2.75, 3.05) is 6.54 Å². The molecular weight excluding hydrogens is 284 g/mol. The first-order valence-corrected chi connectivity index (χ1v) is 8.41. The van der Waals surface area contributed by atoms with Crippen LogP contribution in [0, 0.1) is 12.8 Å². The fourth-order valence-electron chi connectivity index (χ4n) is 3.33. The molecule has 1 aliphatic heterocycles. The fourth-order valence-corrected chi connectivity index (χ4v) is 3.33. The Bertz CT molecular complexity index is 694. The number of nitrogens with zero attached hydrogens (tertiary/aromatic N) is 2. The summed E-state index contributed by atoms with van der Waals surface area (Å²) in [5, 5.41) is 0. The zero-order valence-corrected chi connectivity index (χ0v) is 14.1. The molecule has 0 unspecified atom stereocenters. The molecule has 1 aliphatic rings. The van der Waals surface area contributed by atoms with Crippen LogP contribution in [0.5, 0.6) is 0 Å². The number of aromatic nitrogens is 1. The zero-order valence-electron chi connectivity index (χ0n) is 14.1. The monoisotopic (exact) mass is 308 g/mol. The van der Waals surface area contributed by atoms with Crippen LogP contribution in [0.25, 0.3) is 11.1 Å². The van der Waals surface area contributed by atoms with Crippen LogP contribution in [0.15, 0.2) is 42.5 Å². The van der Waals surface area contributed by atoms with E-state index in [4.69, 9.17) is 4.98 Å². The summed E-state index contributed by atoms with van der Waals surface area (Å²) in [6.07, 6.45) is 2.06. The van der Waals surface area contributed by atoms with Gasteiger partial charge in [0.2, 0.25) is 5.91 Å². The lowest BCUT2D eigenvalue weighted by atomic mass is 10.0. The Kier molecular flexibility index (Phi) is 4.46. The largest absolute Gasteiger partial charge is 0.334 e. The van der Waals surface area contributed by atoms with Crippen LogP contribution in [0.1, 0.15) is 44.1 Å². The van der Waals surface area contributed by atoms with E-state index in [0.29, 0.717) is 0 Å². The summed E-state index contributed by atoms with van der Waals surface area (Å²) in [5.74, 6) is 0.270. The lowest BCUT2D eigenvalue weighted by Gasteiger charge is -2.26. The summed E-state index contributed by atoms with van der Waals surface area (Å²) >= 11 is 0. The maximum absolute atomic E-state index is 12.5. The van der Waals surface area contributed by atoms with E-state index in [9.17, 15) is 4.79 Å². The van der Waals surface area contributed by atoms with E-state index in [-0.39, 0.29) is 17.9 Å². The number of carbonyl (C=O) groups excluding carboxylic acids is 1. The van der Waals surface area contributed by atoms with Crippen LogP contribution in [0.3, 0.4) is 0 Å². The van der Waals surface area contributed by atoms with Crippen LogP contribution in [-0.4, -0.2) is 22.3 Å². The minimum Gasteiger partial charge on any atom is -0.334 e. The minimum absolute atomic E-state index is 0.0361. The zero-order chi connectivity index (χ0) is 16.4. The molecule has 0 saturated carbocycles. The molecule has 2 heterocycles. The maximum atomic E-state index is 12.5. The normalized spacial score (nSPS) is 17.7. The van der Waals surface area contributed by atoms with E-state index < -0.39 is 0 Å². The van der Waals surface area contributed by atoms with Gasteiger partial charge in [-0.3, -0.25) is 9.78 Å². The molecule has 23 heavy (non-hydrogen) atoms. The molecule has 0 aliphatic carbocycles. The molecule has 1 amide bonds. The first-order chi connectivity index (χ1) is 11.1. The predicted octanol–water partition coefficient (Wildman–Crippen LogP) is 4.38. The molecule has 3 heteroatoms. The van der Waals surface area contributed by atoms with E-state index in [1.165, 1.54) is 11.1 Å². The van der Waals surface area contributed by atoms with E-state index in [2.05, 4.69) is 36.4 Å². The average Bonchev–Trinajstić information content (AvgIpc) is 3.03. The molecule has 1 aromatic heterocycles. The summed E-state index contributed by atoms with van der Waals surface area (Å²) in [6, 6.07) is 14.7. The second-order valence-corrected chi connectivity index (χ2v) is 6.63. The van der Waals surface area contributed by atoms with Gasteiger partial charge in [-0.2, -0.15) is 0 Å². The van der Waals surface area contributed by atoms with Gasteiger partial charge >= 0.3 is 0 Å². The number of aryl methyl sites for hydroxylation is 1. The second-order valence-electron chi connectivity index (χ2n) is 6.63. The number of pyridine rings is 1. The van der Waals surface area contributed by atoms with Crippen molar-refractivity contribution >= 4 is 5.91 Å². The number of likely N-dealkylation sites (tertiary alicyclic amines) is 1. The number of hydrogen-bond acceptors (Lipinski definition) is 2. The molecule has 0 N–H and O–H groups in total. The Morgan fingerprint density at radius 2 is 1.91 bits per heavy atom. The summed E-state index contributed by atoms with van der Waals surface area (Å²) < 4.78 is 0. The Balaban J connectivity index is 1.97. The standard InChI is InChI=1S/C20H24N2O/c1-14(2)20(23)22-11-7-10-19(22)18-13-17(12-15(3)21-18)16-8-5-4-6-9-16/h4-6,8-9,12-14,19H,7,10-11H2,1-3H3/t19-/m1/s1. The molecule has 0 spiro atoms. The van der Waals surface area contributed by atoms with Crippen molar-refractivity contribution in [3.63, 3.8) is 0 Å². The van der Waals surface area contributed by atoms with Crippen molar-refractivity contribution in [2.24, 2.45) is 5.92 Å². The molecule has 3 rings (SSSR count). The van der Waals surface area contributed by atoms with Gasteiger partial charge in [0.05, 0.1) is 11.7 Å². The number of benzene rings is 1. The molecule has 120 valence electrons. The minimum atomic E-state index is 0.0361. The lowest BCUT2D eigenvalue weighted by molar-refractivity contribution is -0.135. The van der Waals surface area contributed by atoms with Crippen molar-refractivity contribution in [3.8, 4) is 11.1 Å². The highest BCUT2D eigenvalue weighted by Gasteiger charge is 2.32. The Labute approximate surface area is 138 Å². The number of hydrogen-bond donors (Lipinski definition) is 0. The van der Waals surface area contributed by atoms with Gasteiger partial charge in [0, 0.05) is 18.2 Å². The molecule has 0 bridgehead atoms. The van der Waals surface area contributed by atoms with Crippen molar-refractivity contribution in [1.29, 1.82) is 0 Å². The molecular formula is C20H24N2O. The van der Waals surface area contributed by atoms with Gasteiger partial charge in [-0.05, 0) is 43.0 Å². The van der Waals surface area contributed by atoms with Gasteiger partial charge in [0.15, 0.2) is 0 Å². The van der Waals surface area contributed by atoms with Gasteiger partial charge in [-0.25, -0.2) is 0 Å². The quantitative estimate of drug-likeness (QED) is 0.843. The molecule has 1 aromatic carbocycles. The first-order valence-electron chi connectivity index (χ1n) is 8.41. The number of carbonyl (C=O) groups is 1. The highest BCUT2D eigenvalue weighted by atomic mass is 16.2. The Morgan fingerprint density at radius 1 is 1.17 bits per heavy atom. The van der Waals surface area contributed by atoms with E-state index in [1.54, 1.807) is 0 Å². The highest BCUT2D eigenvalue weighted by molar-refractivity contribution is 5.79. The number of rotatable bonds is 3. The van der Waals surface area contributed by atoms with Gasteiger partial charge in [0.1, 0.15) is 0 Å². The first kappa shape index (κ1) is 15.7. The maximum Gasteiger partial charge on any atom is 0.225 e. The van der Waals surface area contributed by atoms with Gasteiger partial charge in [0.25, 0.3) is 0 Å². The van der Waals surface area contributed by atoms with Crippen molar-refractivity contribution in [1.82, 2.24) is 9.88 Å². The molecule has 1 fully saturated rings. The van der Waals surface area contributed by atoms with Gasteiger partial charge < -0.3 is 4.90 Å². The van der Waals surface area contributed by atoms with E-state index >= 15 is 0 Å². The topological polar surface area (TPSA) is 33.2 Å². The average molecular weight is 308 g/mol. The molecule has 3 nitrogen and oxygen atoms in total. The third-order valence-corrected chi connectivity index (χ3v) is 4.45. The SMILES string of the molecule is Cc1cc(-c2ccccc2)cc([C@H]2CCCN2C(=O)C(C)C)n1. The van der Waals surface area contributed by atoms with E-state index in [1.807, 2.05) is 31.7 Å². The molecule has 0 radical (unpaired) electrons. The van der Waals surface area contributed by atoms with Crippen LogP contribution in [-0.2, 0) is 4.79 Å².